The van der Waals surface area contributed by atoms with Crippen molar-refractivity contribution in [2.75, 3.05) is 5.32 Å². The molecule has 3 aromatic rings. The van der Waals surface area contributed by atoms with Crippen LogP contribution in [0.25, 0.3) is 0 Å². The lowest BCUT2D eigenvalue weighted by Crippen LogP contribution is -2.12. The van der Waals surface area contributed by atoms with Gasteiger partial charge >= 0.3 is 0 Å². The zero-order chi connectivity index (χ0) is 20.6. The van der Waals surface area contributed by atoms with E-state index in [4.69, 9.17) is 16.3 Å². The molecule has 29 heavy (non-hydrogen) atoms. The predicted octanol–water partition coefficient (Wildman–Crippen LogP) is 6.82. The average molecular weight is 409 g/mol. The first kappa shape index (κ1) is 20.9. The first-order valence-electron chi connectivity index (χ1n) is 9.85. The summed E-state index contributed by atoms with van der Waals surface area (Å²) in [5, 5.41) is 3.53. The summed E-state index contributed by atoms with van der Waals surface area (Å²) >= 11 is 5.97. The van der Waals surface area contributed by atoms with Gasteiger partial charge in [0.2, 0.25) is 5.88 Å². The topological polar surface area (TPSA) is 51.2 Å². The minimum absolute atomic E-state index is 0.158. The van der Waals surface area contributed by atoms with Crippen LogP contribution in [0, 0.1) is 6.92 Å². The van der Waals surface area contributed by atoms with E-state index in [0.717, 1.165) is 12.0 Å². The van der Waals surface area contributed by atoms with E-state index < -0.39 is 0 Å². The first-order valence-corrected chi connectivity index (χ1v) is 10.2. The van der Waals surface area contributed by atoms with E-state index >= 15 is 0 Å². The standard InChI is InChI=1S/C24H25ClN2O2/c1-3-4-5-6-18-7-9-19(10-8-18)24(28)27-21-12-14-23(26-16-21)29-22-13-11-20(25)15-17(22)2/h7-16H,3-6H2,1-2H3,(H,27,28). The predicted molar refractivity (Wildman–Crippen MR) is 118 cm³/mol. The Labute approximate surface area is 176 Å². The Kier molecular flexibility index (Phi) is 7.25. The van der Waals surface area contributed by atoms with Crippen molar-refractivity contribution >= 4 is 23.2 Å². The summed E-state index contributed by atoms with van der Waals surface area (Å²) in [4.78, 5) is 16.7. The number of hydrogen-bond acceptors (Lipinski definition) is 3. The minimum Gasteiger partial charge on any atom is -0.439 e. The van der Waals surface area contributed by atoms with Gasteiger partial charge in [0.1, 0.15) is 5.75 Å². The van der Waals surface area contributed by atoms with E-state index in [0.29, 0.717) is 27.9 Å². The molecule has 3 rings (SSSR count). The van der Waals surface area contributed by atoms with Crippen molar-refractivity contribution in [3.8, 4) is 11.6 Å². The normalized spacial score (nSPS) is 10.6. The number of nitrogens with zero attached hydrogens (tertiary/aromatic N) is 1. The SMILES string of the molecule is CCCCCc1ccc(C(=O)Nc2ccc(Oc3ccc(Cl)cc3C)nc2)cc1. The Hall–Kier alpha value is -2.85. The van der Waals surface area contributed by atoms with Crippen molar-refractivity contribution < 1.29 is 9.53 Å². The van der Waals surface area contributed by atoms with Gasteiger partial charge in [-0.1, -0.05) is 43.5 Å². The number of amides is 1. The molecule has 0 saturated carbocycles. The van der Waals surface area contributed by atoms with E-state index in [1.54, 1.807) is 30.5 Å². The number of pyridine rings is 1. The molecule has 0 aliphatic carbocycles. The monoisotopic (exact) mass is 408 g/mol. The highest BCUT2D eigenvalue weighted by Crippen LogP contribution is 2.26. The van der Waals surface area contributed by atoms with E-state index in [1.165, 1.54) is 24.8 Å². The van der Waals surface area contributed by atoms with E-state index in [9.17, 15) is 4.79 Å². The molecule has 0 unspecified atom stereocenters. The summed E-state index contributed by atoms with van der Waals surface area (Å²) in [6, 6.07) is 16.7. The largest absolute Gasteiger partial charge is 0.439 e. The highest BCUT2D eigenvalue weighted by Gasteiger charge is 2.08. The first-order chi connectivity index (χ1) is 14.0. The number of aryl methyl sites for hydroxylation is 2. The van der Waals surface area contributed by atoms with Crippen LogP contribution in [0.4, 0.5) is 5.69 Å². The fourth-order valence-corrected chi connectivity index (χ4v) is 3.19. The summed E-state index contributed by atoms with van der Waals surface area (Å²) in [7, 11) is 0. The highest BCUT2D eigenvalue weighted by atomic mass is 35.5. The summed E-state index contributed by atoms with van der Waals surface area (Å²) in [6.45, 7) is 4.12. The summed E-state index contributed by atoms with van der Waals surface area (Å²) < 4.78 is 5.78. The van der Waals surface area contributed by atoms with Gasteiger partial charge in [-0.25, -0.2) is 4.98 Å². The zero-order valence-corrected chi connectivity index (χ0v) is 17.5. The van der Waals surface area contributed by atoms with Gasteiger partial charge < -0.3 is 10.1 Å². The van der Waals surface area contributed by atoms with Crippen LogP contribution in [0.2, 0.25) is 5.02 Å². The molecule has 0 atom stereocenters. The van der Waals surface area contributed by atoms with Crippen molar-refractivity contribution in [2.45, 2.75) is 39.5 Å². The molecule has 5 heteroatoms. The maximum absolute atomic E-state index is 12.5. The minimum atomic E-state index is -0.158. The van der Waals surface area contributed by atoms with Crippen LogP contribution in [0.5, 0.6) is 11.6 Å². The molecule has 0 fully saturated rings. The van der Waals surface area contributed by atoms with Gasteiger partial charge in [-0.05, 0) is 67.3 Å². The Morgan fingerprint density at radius 1 is 1.07 bits per heavy atom. The third-order valence-corrected chi connectivity index (χ3v) is 4.87. The van der Waals surface area contributed by atoms with Gasteiger partial charge in [0.05, 0.1) is 11.9 Å². The molecular weight excluding hydrogens is 384 g/mol. The molecule has 1 heterocycles. The number of hydrogen-bond donors (Lipinski definition) is 1. The molecule has 1 amide bonds. The molecule has 0 saturated heterocycles. The molecule has 0 aliphatic rings. The number of ether oxygens (including phenoxy) is 1. The Morgan fingerprint density at radius 3 is 2.52 bits per heavy atom. The fraction of sp³-hybridized carbons (Fsp3) is 0.250. The van der Waals surface area contributed by atoms with Crippen molar-refractivity contribution in [2.24, 2.45) is 0 Å². The van der Waals surface area contributed by atoms with E-state index in [1.807, 2.05) is 37.3 Å². The van der Waals surface area contributed by atoms with E-state index in [-0.39, 0.29) is 5.91 Å². The number of benzene rings is 2. The van der Waals surface area contributed by atoms with Crippen molar-refractivity contribution in [1.82, 2.24) is 4.98 Å². The molecular formula is C24H25ClN2O2. The molecule has 0 aliphatic heterocycles. The van der Waals surface area contributed by atoms with Crippen LogP contribution in [0.3, 0.4) is 0 Å². The van der Waals surface area contributed by atoms with Gasteiger partial charge in [-0.15, -0.1) is 0 Å². The fourth-order valence-electron chi connectivity index (χ4n) is 2.96. The van der Waals surface area contributed by atoms with Crippen molar-refractivity contribution in [1.29, 1.82) is 0 Å². The number of unbranched alkanes of at least 4 members (excludes halogenated alkanes) is 2. The average Bonchev–Trinajstić information content (AvgIpc) is 2.72. The number of anilines is 1. The number of rotatable bonds is 8. The molecule has 4 nitrogen and oxygen atoms in total. The Balaban J connectivity index is 1.58. The molecule has 0 radical (unpaired) electrons. The van der Waals surface area contributed by atoms with Gasteiger partial charge in [0.15, 0.2) is 0 Å². The van der Waals surface area contributed by atoms with Crippen LogP contribution in [0.1, 0.15) is 47.7 Å². The van der Waals surface area contributed by atoms with E-state index in [2.05, 4.69) is 17.2 Å². The van der Waals surface area contributed by atoms with Crippen LogP contribution in [0.15, 0.2) is 60.8 Å². The number of carbonyl (C=O) groups is 1. The van der Waals surface area contributed by atoms with Gasteiger partial charge in [0, 0.05) is 16.7 Å². The van der Waals surface area contributed by atoms with Crippen LogP contribution in [-0.2, 0) is 6.42 Å². The lowest BCUT2D eigenvalue weighted by Gasteiger charge is -2.09. The smallest absolute Gasteiger partial charge is 0.255 e. The van der Waals surface area contributed by atoms with Crippen LogP contribution in [-0.4, -0.2) is 10.9 Å². The van der Waals surface area contributed by atoms with Gasteiger partial charge in [-0.3, -0.25) is 4.79 Å². The molecule has 0 bridgehead atoms. The maximum atomic E-state index is 12.5. The lowest BCUT2D eigenvalue weighted by atomic mass is 10.1. The van der Waals surface area contributed by atoms with Crippen LogP contribution < -0.4 is 10.1 Å². The van der Waals surface area contributed by atoms with Crippen molar-refractivity contribution in [3.05, 3.63) is 82.5 Å². The number of nitrogens with one attached hydrogen (secondary N) is 1. The number of aromatic nitrogens is 1. The third kappa shape index (κ3) is 6.06. The summed E-state index contributed by atoms with van der Waals surface area (Å²) in [5.74, 6) is 0.983. The Bertz CT molecular complexity index is 954. The maximum Gasteiger partial charge on any atom is 0.255 e. The van der Waals surface area contributed by atoms with Crippen molar-refractivity contribution in [3.63, 3.8) is 0 Å². The highest BCUT2D eigenvalue weighted by molar-refractivity contribution is 6.30. The van der Waals surface area contributed by atoms with Gasteiger partial charge in [0.25, 0.3) is 5.91 Å². The number of carbonyl (C=O) groups excluding carboxylic acids is 1. The summed E-state index contributed by atoms with van der Waals surface area (Å²) in [5.41, 5.74) is 3.43. The second-order valence-electron chi connectivity index (χ2n) is 7.01. The molecule has 2 aromatic carbocycles. The number of halogens is 1. The molecule has 150 valence electrons. The zero-order valence-electron chi connectivity index (χ0n) is 16.7. The molecule has 1 aromatic heterocycles. The lowest BCUT2D eigenvalue weighted by molar-refractivity contribution is 0.102. The van der Waals surface area contributed by atoms with Crippen LogP contribution >= 0.6 is 11.6 Å². The quantitative estimate of drug-likeness (QED) is 0.416. The van der Waals surface area contributed by atoms with Gasteiger partial charge in [-0.2, -0.15) is 0 Å². The summed E-state index contributed by atoms with van der Waals surface area (Å²) in [6.07, 6.45) is 6.24. The second-order valence-corrected chi connectivity index (χ2v) is 7.44. The Morgan fingerprint density at radius 2 is 1.86 bits per heavy atom. The molecule has 0 spiro atoms. The third-order valence-electron chi connectivity index (χ3n) is 4.63. The second kappa shape index (κ2) is 10.1. The molecule has 1 N–H and O–H groups in total.